The number of nitrogens with one attached hydrogen (secondary N) is 1. The molecule has 23 heavy (non-hydrogen) atoms. The maximum absolute atomic E-state index is 12.3. The van der Waals surface area contributed by atoms with Gasteiger partial charge in [-0.1, -0.05) is 18.2 Å². The lowest BCUT2D eigenvalue weighted by molar-refractivity contribution is 0.0530. The summed E-state index contributed by atoms with van der Waals surface area (Å²) in [5, 5.41) is 3.94. The monoisotopic (exact) mass is 393 g/mol. The van der Waals surface area contributed by atoms with Gasteiger partial charge < -0.3 is 14.5 Å². The van der Waals surface area contributed by atoms with Gasteiger partial charge in [0.2, 0.25) is 0 Å². The second kappa shape index (κ2) is 6.55. The lowest BCUT2D eigenvalue weighted by Gasteiger charge is -2.05. The molecule has 0 saturated carbocycles. The van der Waals surface area contributed by atoms with E-state index >= 15 is 0 Å². The van der Waals surface area contributed by atoms with E-state index in [-0.39, 0.29) is 12.4 Å². The van der Waals surface area contributed by atoms with Gasteiger partial charge in [0.25, 0.3) is 5.91 Å². The zero-order valence-corrected chi connectivity index (χ0v) is 14.5. The second-order valence-corrected chi connectivity index (χ2v) is 6.41. The number of ether oxygens (including phenoxy) is 1. The molecule has 7 heteroatoms. The maximum Gasteiger partial charge on any atom is 0.341 e. The van der Waals surface area contributed by atoms with Crippen molar-refractivity contribution in [2.24, 2.45) is 0 Å². The van der Waals surface area contributed by atoms with Gasteiger partial charge in [-0.15, -0.1) is 11.3 Å². The van der Waals surface area contributed by atoms with E-state index in [0.717, 1.165) is 10.1 Å². The molecule has 0 spiro atoms. The van der Waals surface area contributed by atoms with Crippen LogP contribution in [0, 0.1) is 0 Å². The van der Waals surface area contributed by atoms with Crippen molar-refractivity contribution >= 4 is 54.2 Å². The van der Waals surface area contributed by atoms with Gasteiger partial charge in [0, 0.05) is 10.1 Å². The Labute approximate surface area is 144 Å². The Bertz CT molecular complexity index is 883. The maximum atomic E-state index is 12.3. The van der Waals surface area contributed by atoms with Crippen molar-refractivity contribution in [3.8, 4) is 0 Å². The molecular weight excluding hydrogens is 382 g/mol. The van der Waals surface area contributed by atoms with Crippen LogP contribution in [0.4, 0.5) is 5.00 Å². The van der Waals surface area contributed by atoms with E-state index in [0.29, 0.717) is 15.2 Å². The highest BCUT2D eigenvalue weighted by molar-refractivity contribution is 9.10. The summed E-state index contributed by atoms with van der Waals surface area (Å²) in [4.78, 5) is 24.5. The molecule has 118 valence electrons. The lowest BCUT2D eigenvalue weighted by Crippen LogP contribution is -2.13. The largest absolute Gasteiger partial charge is 0.462 e. The van der Waals surface area contributed by atoms with Crippen LogP contribution in [0.5, 0.6) is 0 Å². The molecule has 5 nitrogen and oxygen atoms in total. The van der Waals surface area contributed by atoms with Crippen LogP contribution in [0.1, 0.15) is 27.8 Å². The number of furan rings is 1. The van der Waals surface area contributed by atoms with E-state index in [2.05, 4.69) is 21.2 Å². The van der Waals surface area contributed by atoms with Gasteiger partial charge in [0.05, 0.1) is 6.61 Å². The fraction of sp³-hybridized carbons (Fsp3) is 0.125. The van der Waals surface area contributed by atoms with E-state index < -0.39 is 11.9 Å². The van der Waals surface area contributed by atoms with E-state index in [1.54, 1.807) is 19.1 Å². The molecule has 0 atom stereocenters. The molecule has 0 unspecified atom stereocenters. The number of anilines is 1. The van der Waals surface area contributed by atoms with Gasteiger partial charge in [-0.05, 0) is 41.1 Å². The summed E-state index contributed by atoms with van der Waals surface area (Å²) in [5.74, 6) is -0.724. The molecule has 0 saturated heterocycles. The number of rotatable bonds is 4. The number of benzene rings is 1. The first-order valence-corrected chi connectivity index (χ1v) is 8.46. The number of hydrogen-bond donors (Lipinski definition) is 1. The van der Waals surface area contributed by atoms with Crippen LogP contribution >= 0.6 is 27.3 Å². The summed E-state index contributed by atoms with van der Waals surface area (Å²) in [7, 11) is 0. The summed E-state index contributed by atoms with van der Waals surface area (Å²) >= 11 is 4.48. The number of halogens is 1. The van der Waals surface area contributed by atoms with Crippen molar-refractivity contribution in [3.63, 3.8) is 0 Å². The minimum atomic E-state index is -0.458. The van der Waals surface area contributed by atoms with Crippen molar-refractivity contribution in [2.45, 2.75) is 6.92 Å². The standard InChI is InChI=1S/C16H12BrNO4S/c1-2-21-16(20)13-9-5-3-4-6-11(9)23-15(13)18-14(19)10-7-8-12(17)22-10/h3-8H,2H2,1H3,(H,18,19). The highest BCUT2D eigenvalue weighted by Gasteiger charge is 2.22. The number of hydrogen-bond acceptors (Lipinski definition) is 5. The Morgan fingerprint density at radius 1 is 1.26 bits per heavy atom. The van der Waals surface area contributed by atoms with Crippen LogP contribution < -0.4 is 5.32 Å². The molecule has 1 N–H and O–H groups in total. The molecule has 3 rings (SSSR count). The topological polar surface area (TPSA) is 68.5 Å². The first kappa shape index (κ1) is 15.8. The Kier molecular flexibility index (Phi) is 4.49. The summed E-state index contributed by atoms with van der Waals surface area (Å²) in [6, 6.07) is 10.6. The summed E-state index contributed by atoms with van der Waals surface area (Å²) in [6.45, 7) is 2.01. The SMILES string of the molecule is CCOC(=O)c1c(NC(=O)c2ccc(Br)o2)sc2ccccc12. The number of carbonyl (C=O) groups is 2. The molecule has 0 aliphatic heterocycles. The fourth-order valence-corrected chi connectivity index (χ4v) is 3.53. The molecule has 0 radical (unpaired) electrons. The molecule has 0 fully saturated rings. The van der Waals surface area contributed by atoms with Gasteiger partial charge in [-0.25, -0.2) is 4.79 Å². The van der Waals surface area contributed by atoms with Crippen LogP contribution in [0.25, 0.3) is 10.1 Å². The van der Waals surface area contributed by atoms with Crippen LogP contribution in [0.3, 0.4) is 0 Å². The van der Waals surface area contributed by atoms with Gasteiger partial charge >= 0.3 is 5.97 Å². The summed E-state index contributed by atoms with van der Waals surface area (Å²) in [5.41, 5.74) is 0.367. The van der Waals surface area contributed by atoms with E-state index in [1.165, 1.54) is 11.3 Å². The van der Waals surface area contributed by atoms with Crippen molar-refractivity contribution in [1.29, 1.82) is 0 Å². The third-order valence-electron chi connectivity index (χ3n) is 3.10. The number of carbonyl (C=O) groups excluding carboxylic acids is 2. The van der Waals surface area contributed by atoms with Crippen molar-refractivity contribution in [2.75, 3.05) is 11.9 Å². The van der Waals surface area contributed by atoms with Gasteiger partial charge in [0.1, 0.15) is 10.6 Å². The number of amides is 1. The Morgan fingerprint density at radius 3 is 2.74 bits per heavy atom. The average Bonchev–Trinajstić information content (AvgIpc) is 3.10. The molecule has 0 aliphatic rings. The van der Waals surface area contributed by atoms with E-state index in [4.69, 9.17) is 9.15 Å². The van der Waals surface area contributed by atoms with Crippen LogP contribution in [0.15, 0.2) is 45.5 Å². The summed E-state index contributed by atoms with van der Waals surface area (Å²) in [6.07, 6.45) is 0. The molecule has 0 bridgehead atoms. The molecular formula is C16H12BrNO4S. The highest BCUT2D eigenvalue weighted by atomic mass is 79.9. The summed E-state index contributed by atoms with van der Waals surface area (Å²) < 4.78 is 11.7. The van der Waals surface area contributed by atoms with E-state index in [9.17, 15) is 9.59 Å². The van der Waals surface area contributed by atoms with Crippen molar-refractivity contribution in [3.05, 3.63) is 52.4 Å². The Morgan fingerprint density at radius 2 is 2.04 bits per heavy atom. The number of fused-ring (bicyclic) bond motifs is 1. The molecule has 1 amide bonds. The Balaban J connectivity index is 2.00. The van der Waals surface area contributed by atoms with Crippen LogP contribution in [-0.2, 0) is 4.74 Å². The third-order valence-corrected chi connectivity index (χ3v) is 4.61. The average molecular weight is 394 g/mol. The molecule has 2 heterocycles. The lowest BCUT2D eigenvalue weighted by atomic mass is 10.1. The quantitative estimate of drug-likeness (QED) is 0.652. The first-order valence-electron chi connectivity index (χ1n) is 6.85. The third kappa shape index (κ3) is 3.16. The van der Waals surface area contributed by atoms with Crippen molar-refractivity contribution in [1.82, 2.24) is 0 Å². The smallest absolute Gasteiger partial charge is 0.341 e. The minimum Gasteiger partial charge on any atom is -0.462 e. The number of esters is 1. The van der Waals surface area contributed by atoms with E-state index in [1.807, 2.05) is 24.3 Å². The van der Waals surface area contributed by atoms with Crippen LogP contribution in [-0.4, -0.2) is 18.5 Å². The highest BCUT2D eigenvalue weighted by Crippen LogP contribution is 2.36. The number of thiophene rings is 1. The predicted molar refractivity (Wildman–Crippen MR) is 92.1 cm³/mol. The molecule has 2 aromatic heterocycles. The molecule has 0 aliphatic carbocycles. The van der Waals surface area contributed by atoms with Gasteiger partial charge in [-0.2, -0.15) is 0 Å². The predicted octanol–water partition coefficient (Wildman–Crippen LogP) is 4.69. The normalized spacial score (nSPS) is 10.7. The van der Waals surface area contributed by atoms with Crippen molar-refractivity contribution < 1.29 is 18.7 Å². The first-order chi connectivity index (χ1) is 11.1. The van der Waals surface area contributed by atoms with Gasteiger partial charge in [0.15, 0.2) is 10.4 Å². The zero-order valence-electron chi connectivity index (χ0n) is 12.1. The molecule has 1 aromatic carbocycles. The molecule has 3 aromatic rings. The second-order valence-electron chi connectivity index (χ2n) is 4.58. The minimum absolute atomic E-state index is 0.157. The van der Waals surface area contributed by atoms with Crippen LogP contribution in [0.2, 0.25) is 0 Å². The Hall–Kier alpha value is -2.12. The fourth-order valence-electron chi connectivity index (χ4n) is 2.14. The zero-order chi connectivity index (χ0) is 16.4. The van der Waals surface area contributed by atoms with Gasteiger partial charge in [-0.3, -0.25) is 4.79 Å².